The fourth-order valence-corrected chi connectivity index (χ4v) is 2.50. The van der Waals surface area contributed by atoms with Crippen LogP contribution in [0.25, 0.3) is 0 Å². The molecule has 1 unspecified atom stereocenters. The van der Waals surface area contributed by atoms with E-state index in [1.54, 1.807) is 6.07 Å². The number of methoxy groups -OCH3 is 1. The summed E-state index contributed by atoms with van der Waals surface area (Å²) in [5.41, 5.74) is 1.02. The second-order valence-corrected chi connectivity index (χ2v) is 5.40. The first-order chi connectivity index (χ1) is 8.43. The number of carbonyl (C=O) groups is 1. The van der Waals surface area contributed by atoms with E-state index in [1.807, 2.05) is 13.8 Å². The van der Waals surface area contributed by atoms with Crippen LogP contribution in [0.2, 0.25) is 0 Å². The summed E-state index contributed by atoms with van der Waals surface area (Å²) in [5, 5.41) is 10.7. The zero-order chi connectivity index (χ0) is 13.7. The Balaban J connectivity index is 2.80. The Bertz CT molecular complexity index is 461. The Morgan fingerprint density at radius 2 is 2.22 bits per heavy atom. The van der Waals surface area contributed by atoms with E-state index in [2.05, 4.69) is 4.74 Å². The molecule has 0 aliphatic carbocycles. The number of hydrogen-bond donors (Lipinski definition) is 0. The predicted molar refractivity (Wildman–Crippen MR) is 69.8 cm³/mol. The number of nitro groups is 1. The van der Waals surface area contributed by atoms with Crippen LogP contribution in [-0.4, -0.2) is 23.3 Å². The number of non-ortho nitro benzene ring substituents is 1. The molecule has 6 heteroatoms. The van der Waals surface area contributed by atoms with Crippen molar-refractivity contribution < 1.29 is 14.5 Å². The van der Waals surface area contributed by atoms with E-state index in [1.165, 1.54) is 31.0 Å². The first-order valence-electron chi connectivity index (χ1n) is 5.42. The van der Waals surface area contributed by atoms with E-state index in [9.17, 15) is 14.9 Å². The number of thioether (sulfide) groups is 1. The van der Waals surface area contributed by atoms with Crippen molar-refractivity contribution >= 4 is 23.4 Å². The lowest BCUT2D eigenvalue weighted by atomic mass is 10.2. The number of rotatable bonds is 5. The van der Waals surface area contributed by atoms with Crippen LogP contribution in [0.3, 0.4) is 0 Å². The van der Waals surface area contributed by atoms with Crippen LogP contribution in [0.4, 0.5) is 5.69 Å². The second kappa shape index (κ2) is 6.39. The van der Waals surface area contributed by atoms with E-state index < -0.39 is 4.92 Å². The molecule has 0 aromatic heterocycles. The van der Waals surface area contributed by atoms with Crippen molar-refractivity contribution in [1.29, 1.82) is 0 Å². The van der Waals surface area contributed by atoms with Gasteiger partial charge in [0.1, 0.15) is 0 Å². The van der Waals surface area contributed by atoms with E-state index in [0.717, 1.165) is 10.5 Å². The molecule has 1 rings (SSSR count). The number of aryl methyl sites for hydroxylation is 1. The van der Waals surface area contributed by atoms with Gasteiger partial charge in [0.05, 0.1) is 18.5 Å². The molecule has 0 spiro atoms. The molecule has 1 aromatic carbocycles. The van der Waals surface area contributed by atoms with Crippen molar-refractivity contribution in [2.75, 3.05) is 7.11 Å². The van der Waals surface area contributed by atoms with Gasteiger partial charge in [-0.15, -0.1) is 11.8 Å². The molecule has 0 saturated carbocycles. The van der Waals surface area contributed by atoms with Crippen molar-refractivity contribution in [1.82, 2.24) is 0 Å². The number of carbonyl (C=O) groups excluding carboxylic acids is 1. The quantitative estimate of drug-likeness (QED) is 0.356. The molecule has 0 amide bonds. The third-order valence-electron chi connectivity index (χ3n) is 2.39. The van der Waals surface area contributed by atoms with Gasteiger partial charge in [0.15, 0.2) is 0 Å². The maximum Gasteiger partial charge on any atom is 0.306 e. The Kier molecular flexibility index (Phi) is 5.15. The van der Waals surface area contributed by atoms with Crippen molar-refractivity contribution in [3.63, 3.8) is 0 Å². The molecule has 0 aliphatic rings. The zero-order valence-electron chi connectivity index (χ0n) is 10.5. The fraction of sp³-hybridized carbons (Fsp3) is 0.417. The highest BCUT2D eigenvalue weighted by Gasteiger charge is 2.14. The van der Waals surface area contributed by atoms with Crippen LogP contribution in [0, 0.1) is 17.0 Å². The Hall–Kier alpha value is -1.56. The van der Waals surface area contributed by atoms with Crippen LogP contribution in [0.1, 0.15) is 18.9 Å². The number of hydrogen-bond acceptors (Lipinski definition) is 5. The lowest BCUT2D eigenvalue weighted by Crippen LogP contribution is -2.08. The van der Waals surface area contributed by atoms with Gasteiger partial charge in [-0.2, -0.15) is 0 Å². The number of nitro benzene ring substituents is 1. The van der Waals surface area contributed by atoms with Crippen molar-refractivity contribution in [2.45, 2.75) is 30.4 Å². The first kappa shape index (κ1) is 14.5. The summed E-state index contributed by atoms with van der Waals surface area (Å²) in [4.78, 5) is 22.2. The molecular formula is C12H15NO4S. The molecule has 0 heterocycles. The summed E-state index contributed by atoms with van der Waals surface area (Å²) < 4.78 is 4.59. The highest BCUT2D eigenvalue weighted by molar-refractivity contribution is 8.00. The molecule has 0 aliphatic heterocycles. The van der Waals surface area contributed by atoms with Crippen LogP contribution >= 0.6 is 11.8 Å². The van der Waals surface area contributed by atoms with Crippen molar-refractivity contribution in [3.05, 3.63) is 33.9 Å². The lowest BCUT2D eigenvalue weighted by Gasteiger charge is -2.11. The van der Waals surface area contributed by atoms with Gasteiger partial charge in [-0.05, 0) is 12.5 Å². The topological polar surface area (TPSA) is 69.4 Å². The summed E-state index contributed by atoms with van der Waals surface area (Å²) in [6, 6.07) is 4.73. The van der Waals surface area contributed by atoms with Gasteiger partial charge in [0.2, 0.25) is 0 Å². The SMILES string of the molecule is COC(=O)CC(C)Sc1cc([N+](=O)[O-])ccc1C. The first-order valence-corrected chi connectivity index (χ1v) is 6.30. The smallest absolute Gasteiger partial charge is 0.306 e. The number of ether oxygens (including phenoxy) is 1. The van der Waals surface area contributed by atoms with Crippen LogP contribution in [0.15, 0.2) is 23.1 Å². The summed E-state index contributed by atoms with van der Waals surface area (Å²) >= 11 is 1.44. The average Bonchev–Trinajstić information content (AvgIpc) is 2.31. The largest absolute Gasteiger partial charge is 0.469 e. The van der Waals surface area contributed by atoms with Gasteiger partial charge in [-0.3, -0.25) is 14.9 Å². The minimum Gasteiger partial charge on any atom is -0.469 e. The molecule has 0 saturated heterocycles. The summed E-state index contributed by atoms with van der Waals surface area (Å²) in [6.45, 7) is 3.77. The lowest BCUT2D eigenvalue weighted by molar-refractivity contribution is -0.385. The Morgan fingerprint density at radius 3 is 2.78 bits per heavy atom. The standard InChI is InChI=1S/C12H15NO4S/c1-8-4-5-10(13(15)16)7-11(8)18-9(2)6-12(14)17-3/h4-5,7,9H,6H2,1-3H3. The molecule has 0 bridgehead atoms. The maximum absolute atomic E-state index is 11.1. The molecule has 18 heavy (non-hydrogen) atoms. The van der Waals surface area contributed by atoms with Gasteiger partial charge in [-0.25, -0.2) is 0 Å². The molecular weight excluding hydrogens is 254 g/mol. The molecule has 0 radical (unpaired) electrons. The predicted octanol–water partition coefficient (Wildman–Crippen LogP) is 2.95. The Labute approximate surface area is 110 Å². The maximum atomic E-state index is 11.1. The molecule has 0 N–H and O–H groups in total. The minimum absolute atomic E-state index is 0.0122. The number of esters is 1. The molecule has 0 fully saturated rings. The number of nitrogens with zero attached hydrogens (tertiary/aromatic N) is 1. The van der Waals surface area contributed by atoms with Gasteiger partial charge in [-0.1, -0.05) is 13.0 Å². The molecule has 5 nitrogen and oxygen atoms in total. The third-order valence-corrected chi connectivity index (χ3v) is 3.66. The molecule has 98 valence electrons. The van der Waals surface area contributed by atoms with E-state index >= 15 is 0 Å². The van der Waals surface area contributed by atoms with E-state index in [-0.39, 0.29) is 23.3 Å². The second-order valence-electron chi connectivity index (χ2n) is 3.92. The minimum atomic E-state index is -0.422. The average molecular weight is 269 g/mol. The van der Waals surface area contributed by atoms with Crippen LogP contribution < -0.4 is 0 Å². The fourth-order valence-electron chi connectivity index (χ4n) is 1.41. The Morgan fingerprint density at radius 1 is 1.56 bits per heavy atom. The highest BCUT2D eigenvalue weighted by atomic mass is 32.2. The van der Waals surface area contributed by atoms with Gasteiger partial charge in [0.25, 0.3) is 5.69 Å². The zero-order valence-corrected chi connectivity index (χ0v) is 11.3. The monoisotopic (exact) mass is 269 g/mol. The van der Waals surface area contributed by atoms with Crippen molar-refractivity contribution in [3.8, 4) is 0 Å². The summed E-state index contributed by atoms with van der Waals surface area (Å²) in [7, 11) is 1.35. The van der Waals surface area contributed by atoms with Crippen LogP contribution in [-0.2, 0) is 9.53 Å². The van der Waals surface area contributed by atoms with Crippen molar-refractivity contribution in [2.24, 2.45) is 0 Å². The van der Waals surface area contributed by atoms with Gasteiger partial charge in [0, 0.05) is 22.3 Å². The van der Waals surface area contributed by atoms with Gasteiger partial charge >= 0.3 is 5.97 Å². The van der Waals surface area contributed by atoms with Gasteiger partial charge < -0.3 is 4.74 Å². The summed E-state index contributed by atoms with van der Waals surface area (Å²) in [5.74, 6) is -0.280. The normalized spacial score (nSPS) is 11.9. The van der Waals surface area contributed by atoms with E-state index in [0.29, 0.717) is 0 Å². The summed E-state index contributed by atoms with van der Waals surface area (Å²) in [6.07, 6.45) is 0.281. The third kappa shape index (κ3) is 4.03. The molecule has 1 aromatic rings. The number of benzene rings is 1. The van der Waals surface area contributed by atoms with E-state index in [4.69, 9.17) is 0 Å². The highest BCUT2D eigenvalue weighted by Crippen LogP contribution is 2.31. The molecule has 1 atom stereocenters. The van der Waals surface area contributed by atoms with Crippen LogP contribution in [0.5, 0.6) is 0 Å².